The maximum Gasteiger partial charge on any atom is 0.218 e. The average molecular weight is 439 g/mol. The summed E-state index contributed by atoms with van der Waals surface area (Å²) in [6.07, 6.45) is 2.48. The molecule has 2 atom stereocenters. The first-order chi connectivity index (χ1) is 14.9. The van der Waals surface area contributed by atoms with Gasteiger partial charge in [0.25, 0.3) is 0 Å². The number of pyridine rings is 1. The molecule has 0 saturated carbocycles. The van der Waals surface area contributed by atoms with Crippen molar-refractivity contribution in [3.8, 4) is 5.88 Å². The summed E-state index contributed by atoms with van der Waals surface area (Å²) in [5.74, 6) is 0.145. The first kappa shape index (κ1) is 21.5. The lowest BCUT2D eigenvalue weighted by atomic mass is 9.92. The van der Waals surface area contributed by atoms with Gasteiger partial charge in [-0.3, -0.25) is 4.99 Å². The van der Waals surface area contributed by atoms with Crippen LogP contribution in [-0.4, -0.2) is 29.0 Å². The van der Waals surface area contributed by atoms with Crippen LogP contribution in [0.25, 0.3) is 10.9 Å². The van der Waals surface area contributed by atoms with Gasteiger partial charge in [0.15, 0.2) is 0 Å². The van der Waals surface area contributed by atoms with E-state index in [1.165, 1.54) is 12.1 Å². The predicted octanol–water partition coefficient (Wildman–Crippen LogP) is 5.84. The lowest BCUT2D eigenvalue weighted by Crippen LogP contribution is -2.17. The van der Waals surface area contributed by atoms with Gasteiger partial charge in [-0.1, -0.05) is 35.9 Å². The highest BCUT2D eigenvalue weighted by Gasteiger charge is 2.23. The molecule has 2 aromatic carbocycles. The van der Waals surface area contributed by atoms with E-state index in [2.05, 4.69) is 16.1 Å². The number of hydrogen-bond donors (Lipinski definition) is 1. The molecule has 4 nitrogen and oxygen atoms in total. The van der Waals surface area contributed by atoms with Crippen LogP contribution >= 0.6 is 11.6 Å². The van der Waals surface area contributed by atoms with Crippen LogP contribution in [0, 0.1) is 5.82 Å². The molecule has 0 fully saturated rings. The Hall–Kier alpha value is -2.76. The number of rotatable bonds is 5. The van der Waals surface area contributed by atoms with Crippen LogP contribution in [0.3, 0.4) is 0 Å². The van der Waals surface area contributed by atoms with Crippen molar-refractivity contribution in [1.82, 2.24) is 4.98 Å². The number of dihydropyridines is 1. The second kappa shape index (κ2) is 8.77. The Kier molecular flexibility index (Phi) is 6.08. The Morgan fingerprint density at radius 2 is 1.97 bits per heavy atom. The molecule has 1 aromatic heterocycles. The van der Waals surface area contributed by atoms with Crippen molar-refractivity contribution in [3.05, 3.63) is 81.6 Å². The zero-order valence-corrected chi connectivity index (χ0v) is 18.4. The summed E-state index contributed by atoms with van der Waals surface area (Å²) >= 11 is 6.80. The monoisotopic (exact) mass is 438 g/mol. The molecule has 0 amide bonds. The van der Waals surface area contributed by atoms with Gasteiger partial charge in [0, 0.05) is 29.5 Å². The zero-order valence-electron chi connectivity index (χ0n) is 17.7. The number of nitrogens with zero attached hydrogens (tertiary/aromatic N) is 2. The van der Waals surface area contributed by atoms with E-state index in [9.17, 15) is 9.50 Å². The Bertz CT molecular complexity index is 1190. The van der Waals surface area contributed by atoms with E-state index in [1.807, 2.05) is 32.0 Å². The summed E-state index contributed by atoms with van der Waals surface area (Å²) in [4.78, 5) is 9.19. The van der Waals surface area contributed by atoms with E-state index in [-0.39, 0.29) is 11.9 Å². The van der Waals surface area contributed by atoms with E-state index in [1.54, 1.807) is 19.2 Å². The molecule has 1 aliphatic rings. The number of allylic oxidation sites excluding steroid dienone is 1. The molecule has 0 aliphatic carbocycles. The molecular formula is C25H24ClFN2O2. The maximum absolute atomic E-state index is 13.3. The van der Waals surface area contributed by atoms with Crippen molar-refractivity contribution in [2.45, 2.75) is 38.8 Å². The smallest absolute Gasteiger partial charge is 0.218 e. The highest BCUT2D eigenvalue weighted by molar-refractivity contribution is 6.36. The Labute approximate surface area is 186 Å². The third-order valence-corrected chi connectivity index (χ3v) is 6.08. The summed E-state index contributed by atoms with van der Waals surface area (Å²) in [6.45, 7) is 3.98. The minimum atomic E-state index is -0.769. The van der Waals surface area contributed by atoms with E-state index in [0.29, 0.717) is 22.8 Å². The molecule has 6 heteroatoms. The molecular weight excluding hydrogens is 415 g/mol. The van der Waals surface area contributed by atoms with Gasteiger partial charge in [0.05, 0.1) is 23.7 Å². The molecule has 3 aromatic rings. The predicted molar refractivity (Wildman–Crippen MR) is 123 cm³/mol. The number of aliphatic hydroxyl groups is 1. The zero-order chi connectivity index (χ0) is 22.1. The molecule has 1 N–H and O–H groups in total. The summed E-state index contributed by atoms with van der Waals surface area (Å²) in [5, 5.41) is 12.3. The van der Waals surface area contributed by atoms with Crippen molar-refractivity contribution in [3.63, 3.8) is 0 Å². The Morgan fingerprint density at radius 3 is 2.65 bits per heavy atom. The van der Waals surface area contributed by atoms with Gasteiger partial charge >= 0.3 is 0 Å². The van der Waals surface area contributed by atoms with Gasteiger partial charge in [0.2, 0.25) is 5.88 Å². The second-order valence-corrected chi connectivity index (χ2v) is 8.22. The third kappa shape index (κ3) is 4.34. The number of hydrogen-bond acceptors (Lipinski definition) is 4. The molecule has 2 unspecified atom stereocenters. The van der Waals surface area contributed by atoms with Gasteiger partial charge < -0.3 is 9.84 Å². The molecule has 31 heavy (non-hydrogen) atoms. The largest absolute Gasteiger partial charge is 0.481 e. The third-order valence-electron chi connectivity index (χ3n) is 5.65. The molecule has 0 radical (unpaired) electrons. The highest BCUT2D eigenvalue weighted by atomic mass is 35.5. The SMILES string of the molecule is COc1nc2ccc(C(O)C3=CCC(C)=NC3C)cc2c(Cl)c1Cc1ccc(F)cc1. The molecule has 160 valence electrons. The second-order valence-electron chi connectivity index (χ2n) is 7.84. The fourth-order valence-electron chi connectivity index (χ4n) is 3.99. The average Bonchev–Trinajstić information content (AvgIpc) is 2.76. The summed E-state index contributed by atoms with van der Waals surface area (Å²) in [6, 6.07) is 11.8. The van der Waals surface area contributed by atoms with Crippen molar-refractivity contribution in [2.75, 3.05) is 7.11 Å². The van der Waals surface area contributed by atoms with Crippen molar-refractivity contribution in [2.24, 2.45) is 4.99 Å². The molecule has 2 heterocycles. The Morgan fingerprint density at radius 1 is 1.23 bits per heavy atom. The summed E-state index contributed by atoms with van der Waals surface area (Å²) < 4.78 is 18.8. The van der Waals surface area contributed by atoms with Crippen LogP contribution in [0.2, 0.25) is 5.02 Å². The molecule has 4 rings (SSSR count). The van der Waals surface area contributed by atoms with Gasteiger partial charge in [0.1, 0.15) is 11.9 Å². The number of aromatic nitrogens is 1. The van der Waals surface area contributed by atoms with Gasteiger partial charge in [-0.05, 0) is 54.8 Å². The van der Waals surface area contributed by atoms with E-state index < -0.39 is 6.10 Å². The number of aliphatic imine (C=N–C) groups is 1. The van der Waals surface area contributed by atoms with Crippen molar-refractivity contribution >= 4 is 28.2 Å². The quantitative estimate of drug-likeness (QED) is 0.509. The van der Waals surface area contributed by atoms with Crippen LogP contribution in [0.15, 0.2) is 59.1 Å². The Balaban J connectivity index is 1.75. The number of aliphatic hydroxyl groups excluding tert-OH is 1. The number of fused-ring (bicyclic) bond motifs is 1. The lowest BCUT2D eigenvalue weighted by molar-refractivity contribution is 0.208. The maximum atomic E-state index is 13.3. The van der Waals surface area contributed by atoms with E-state index in [4.69, 9.17) is 16.3 Å². The normalized spacial score (nSPS) is 17.3. The lowest BCUT2D eigenvalue weighted by Gasteiger charge is -2.23. The van der Waals surface area contributed by atoms with E-state index >= 15 is 0 Å². The van der Waals surface area contributed by atoms with Gasteiger partial charge in [-0.2, -0.15) is 0 Å². The molecule has 0 bridgehead atoms. The van der Waals surface area contributed by atoms with Crippen LogP contribution in [0.4, 0.5) is 4.39 Å². The van der Waals surface area contributed by atoms with Crippen molar-refractivity contribution < 1.29 is 14.2 Å². The molecule has 1 aliphatic heterocycles. The minimum absolute atomic E-state index is 0.0713. The minimum Gasteiger partial charge on any atom is -0.481 e. The van der Waals surface area contributed by atoms with Crippen LogP contribution in [0.5, 0.6) is 5.88 Å². The molecule has 0 saturated heterocycles. The fourth-order valence-corrected chi connectivity index (χ4v) is 4.28. The van der Waals surface area contributed by atoms with Gasteiger partial charge in [-0.25, -0.2) is 9.37 Å². The number of ether oxygens (including phenoxy) is 1. The number of methoxy groups -OCH3 is 1. The van der Waals surface area contributed by atoms with E-state index in [0.717, 1.165) is 39.8 Å². The molecule has 0 spiro atoms. The summed E-state index contributed by atoms with van der Waals surface area (Å²) in [7, 11) is 1.55. The highest BCUT2D eigenvalue weighted by Crippen LogP contribution is 2.37. The topological polar surface area (TPSA) is 54.7 Å². The van der Waals surface area contributed by atoms with Crippen molar-refractivity contribution in [1.29, 1.82) is 0 Å². The number of benzene rings is 2. The fraction of sp³-hybridized carbons (Fsp3) is 0.280. The first-order valence-electron chi connectivity index (χ1n) is 10.2. The van der Waals surface area contributed by atoms with Crippen LogP contribution in [-0.2, 0) is 6.42 Å². The first-order valence-corrected chi connectivity index (χ1v) is 10.6. The summed E-state index contributed by atoms with van der Waals surface area (Å²) in [5.41, 5.74) is 4.98. The number of halogens is 2. The standard InChI is InChI=1S/C25H24ClFN2O2/c1-14-4-10-19(15(2)28-14)24(30)17-7-11-22-20(13-17)23(26)21(25(29-22)31-3)12-16-5-8-18(27)9-6-16/h5-11,13,15,24,30H,4,12H2,1-3H3. The van der Waals surface area contributed by atoms with Crippen LogP contribution < -0.4 is 4.74 Å². The van der Waals surface area contributed by atoms with Crippen LogP contribution in [0.1, 0.15) is 43.1 Å². The van der Waals surface area contributed by atoms with Gasteiger partial charge in [-0.15, -0.1) is 0 Å².